The normalized spacial score (nSPS) is 11.9. The van der Waals surface area contributed by atoms with E-state index in [1.807, 2.05) is 36.4 Å². The van der Waals surface area contributed by atoms with Crippen LogP contribution in [0.4, 0.5) is 0 Å². The lowest BCUT2D eigenvalue weighted by Gasteiger charge is -2.10. The highest BCUT2D eigenvalue weighted by Crippen LogP contribution is 2.42. The van der Waals surface area contributed by atoms with Gasteiger partial charge in [0.1, 0.15) is 28.0 Å². The van der Waals surface area contributed by atoms with Crippen LogP contribution < -0.4 is 0 Å². The Kier molecular flexibility index (Phi) is 7.24. The lowest BCUT2D eigenvalue weighted by Crippen LogP contribution is -1.95. The molecule has 4 heterocycles. The Morgan fingerprint density at radius 2 is 1.02 bits per heavy atom. The van der Waals surface area contributed by atoms with Crippen molar-refractivity contribution in [1.82, 2.24) is 14.5 Å². The van der Waals surface area contributed by atoms with Crippen molar-refractivity contribution >= 4 is 76.6 Å². The third-order valence-electron chi connectivity index (χ3n) is 12.2. The van der Waals surface area contributed by atoms with Gasteiger partial charge in [0.15, 0.2) is 11.4 Å². The van der Waals surface area contributed by atoms with Crippen LogP contribution in [0, 0.1) is 0 Å². The molecule has 0 radical (unpaired) electrons. The molecule has 284 valence electrons. The molecule has 0 spiro atoms. The number of aromatic nitrogens is 3. The Balaban J connectivity index is 1.03. The summed E-state index contributed by atoms with van der Waals surface area (Å²) in [6.45, 7) is 0. The number of rotatable bonds is 5. The van der Waals surface area contributed by atoms with Gasteiger partial charge in [-0.05, 0) is 93.7 Å². The van der Waals surface area contributed by atoms with E-state index in [1.165, 1.54) is 32.7 Å². The highest BCUT2D eigenvalue weighted by Gasteiger charge is 2.22. The molecule has 13 aromatic rings. The number of nitrogens with zero attached hydrogens (tertiary/aromatic N) is 3. The van der Waals surface area contributed by atoms with Gasteiger partial charge in [-0.2, -0.15) is 0 Å². The molecule has 0 atom stereocenters. The van der Waals surface area contributed by atoms with E-state index in [2.05, 4.69) is 168 Å². The van der Waals surface area contributed by atoms with Gasteiger partial charge in [-0.15, -0.1) is 0 Å². The monoisotopic (exact) mass is 779 g/mol. The molecule has 0 N–H and O–H groups in total. The minimum absolute atomic E-state index is 0.608. The van der Waals surface area contributed by atoms with Crippen molar-refractivity contribution in [1.29, 1.82) is 0 Å². The van der Waals surface area contributed by atoms with Gasteiger partial charge in [0.05, 0.1) is 11.0 Å². The summed E-state index contributed by atoms with van der Waals surface area (Å²) in [4.78, 5) is 10.6. The molecular weight excluding hydrogens is 747 g/mol. The quantitative estimate of drug-likeness (QED) is 0.175. The van der Waals surface area contributed by atoms with E-state index in [4.69, 9.17) is 18.8 Å². The Bertz CT molecular complexity index is 3860. The second kappa shape index (κ2) is 13.1. The Labute approximate surface area is 349 Å². The number of fused-ring (bicyclic) bond motifs is 10. The first-order chi connectivity index (χ1) is 30.2. The maximum absolute atomic E-state index is 6.61. The Morgan fingerprint density at radius 1 is 0.377 bits per heavy atom. The molecule has 0 bridgehead atoms. The molecule has 5 nitrogen and oxygen atoms in total. The van der Waals surface area contributed by atoms with Gasteiger partial charge < -0.3 is 13.4 Å². The van der Waals surface area contributed by atoms with E-state index < -0.39 is 0 Å². The number of furan rings is 2. The first kappa shape index (κ1) is 33.7. The molecule has 0 aliphatic carbocycles. The van der Waals surface area contributed by atoms with Crippen LogP contribution in [0.25, 0.3) is 127 Å². The smallest absolute Gasteiger partial charge is 0.180 e. The molecule has 5 heteroatoms. The van der Waals surface area contributed by atoms with Gasteiger partial charge >= 0.3 is 0 Å². The van der Waals surface area contributed by atoms with Gasteiger partial charge in [0.25, 0.3) is 0 Å². The van der Waals surface area contributed by atoms with Crippen LogP contribution in [0.1, 0.15) is 0 Å². The molecule has 0 fully saturated rings. The largest absolute Gasteiger partial charge is 0.456 e. The average Bonchev–Trinajstić information content (AvgIpc) is 4.00. The second-order valence-corrected chi connectivity index (χ2v) is 15.7. The molecule has 9 aromatic carbocycles. The second-order valence-electron chi connectivity index (χ2n) is 15.7. The van der Waals surface area contributed by atoms with Crippen molar-refractivity contribution in [2.75, 3.05) is 0 Å². The van der Waals surface area contributed by atoms with Crippen LogP contribution in [0.15, 0.2) is 209 Å². The maximum Gasteiger partial charge on any atom is 0.180 e. The molecule has 0 aliphatic heterocycles. The zero-order valence-electron chi connectivity index (χ0n) is 32.7. The number of para-hydroxylation sites is 1. The first-order valence-electron chi connectivity index (χ1n) is 20.6. The minimum Gasteiger partial charge on any atom is -0.456 e. The highest BCUT2D eigenvalue weighted by molar-refractivity contribution is 6.16. The van der Waals surface area contributed by atoms with Crippen molar-refractivity contribution < 1.29 is 8.83 Å². The van der Waals surface area contributed by atoms with Crippen LogP contribution in [-0.2, 0) is 0 Å². The zero-order valence-corrected chi connectivity index (χ0v) is 32.7. The lowest BCUT2D eigenvalue weighted by atomic mass is 10.0. The van der Waals surface area contributed by atoms with Crippen LogP contribution in [0.3, 0.4) is 0 Å². The van der Waals surface area contributed by atoms with Gasteiger partial charge in [-0.3, -0.25) is 0 Å². The number of hydrogen-bond acceptors (Lipinski definition) is 4. The van der Waals surface area contributed by atoms with E-state index in [1.54, 1.807) is 0 Å². The van der Waals surface area contributed by atoms with Gasteiger partial charge in [-0.1, -0.05) is 140 Å². The summed E-state index contributed by atoms with van der Waals surface area (Å²) >= 11 is 0. The van der Waals surface area contributed by atoms with Gasteiger partial charge in [-0.25, -0.2) is 9.97 Å². The molecule has 0 aliphatic rings. The van der Waals surface area contributed by atoms with Crippen LogP contribution >= 0.6 is 0 Å². The lowest BCUT2D eigenvalue weighted by molar-refractivity contribution is 0.667. The van der Waals surface area contributed by atoms with Crippen LogP contribution in [0.2, 0.25) is 0 Å². The fourth-order valence-electron chi connectivity index (χ4n) is 9.29. The fraction of sp³-hybridized carbons (Fsp3) is 0. The van der Waals surface area contributed by atoms with Crippen LogP contribution in [0.5, 0.6) is 0 Å². The molecule has 61 heavy (non-hydrogen) atoms. The van der Waals surface area contributed by atoms with E-state index in [-0.39, 0.29) is 0 Å². The summed E-state index contributed by atoms with van der Waals surface area (Å²) in [5, 5.41) is 7.74. The zero-order chi connectivity index (χ0) is 40.0. The molecule has 0 saturated heterocycles. The van der Waals surface area contributed by atoms with Crippen molar-refractivity contribution in [2.24, 2.45) is 0 Å². The summed E-state index contributed by atoms with van der Waals surface area (Å²) in [5.41, 5.74) is 14.4. The number of hydrogen-bond donors (Lipinski definition) is 0. The van der Waals surface area contributed by atoms with E-state index in [9.17, 15) is 0 Å². The molecule has 4 aromatic heterocycles. The van der Waals surface area contributed by atoms with E-state index >= 15 is 0 Å². The van der Waals surface area contributed by atoms with Crippen molar-refractivity contribution in [3.05, 3.63) is 200 Å². The predicted octanol–water partition coefficient (Wildman–Crippen LogP) is 15.2. The minimum atomic E-state index is 0.608. The van der Waals surface area contributed by atoms with E-state index in [0.717, 1.165) is 83.1 Å². The van der Waals surface area contributed by atoms with Crippen LogP contribution in [-0.4, -0.2) is 14.5 Å². The molecular formula is C56H33N3O2. The summed E-state index contributed by atoms with van der Waals surface area (Å²) in [7, 11) is 0. The summed E-state index contributed by atoms with van der Waals surface area (Å²) in [5.74, 6) is 0.608. The maximum atomic E-state index is 6.61. The summed E-state index contributed by atoms with van der Waals surface area (Å²) in [6.07, 6.45) is 0. The third-order valence-corrected chi connectivity index (χ3v) is 12.2. The summed E-state index contributed by atoms with van der Waals surface area (Å²) in [6, 6.07) is 70.4. The Hall–Kier alpha value is -8.28. The number of benzene rings is 9. The third kappa shape index (κ3) is 5.27. The van der Waals surface area contributed by atoms with Gasteiger partial charge in [0, 0.05) is 43.7 Å². The molecule has 0 saturated carbocycles. The molecule has 0 amide bonds. The highest BCUT2D eigenvalue weighted by atomic mass is 16.3. The predicted molar refractivity (Wildman–Crippen MR) is 250 cm³/mol. The molecule has 0 unspecified atom stereocenters. The summed E-state index contributed by atoms with van der Waals surface area (Å²) < 4.78 is 15.5. The average molecular weight is 780 g/mol. The van der Waals surface area contributed by atoms with Crippen molar-refractivity contribution in [3.8, 4) is 50.6 Å². The fourth-order valence-corrected chi connectivity index (χ4v) is 9.29. The Morgan fingerprint density at radius 3 is 1.84 bits per heavy atom. The van der Waals surface area contributed by atoms with Gasteiger partial charge in [0.2, 0.25) is 0 Å². The standard InChI is InChI=1S/C56H33N3O2/c1-3-12-34(13-4-1)36-22-24-37(25-23-36)53-55-54(42-18-9-10-20-49(42)61-55)58-56(57-53)43-19-11-21-51-52(43)46-33-41(27-29-50(46)60-51)59-47-28-26-40(35-14-5-2-6-15-35)31-44(47)45-30-38-16-7-8-17-39(38)32-48(45)59/h1-33H. The topological polar surface area (TPSA) is 57.0 Å². The SMILES string of the molecule is c1ccc(-c2ccc(-c3nc(-c4cccc5oc6ccc(-n7c8ccc(-c9ccccc9)cc8c8cc9ccccc9cc87)cc6c45)nc4c3oc3ccccc34)cc2)cc1. The molecule has 13 rings (SSSR count). The van der Waals surface area contributed by atoms with E-state index in [0.29, 0.717) is 11.4 Å². The van der Waals surface area contributed by atoms with Crippen molar-refractivity contribution in [2.45, 2.75) is 0 Å². The van der Waals surface area contributed by atoms with Crippen molar-refractivity contribution in [3.63, 3.8) is 0 Å². The first-order valence-corrected chi connectivity index (χ1v) is 20.6.